The molecule has 0 aliphatic carbocycles. The summed E-state index contributed by atoms with van der Waals surface area (Å²) < 4.78 is 3.77. The van der Waals surface area contributed by atoms with E-state index in [-0.39, 0.29) is 17.5 Å². The minimum Gasteiger partial charge on any atom is -0.350 e. The lowest BCUT2D eigenvalue weighted by Gasteiger charge is -2.14. The van der Waals surface area contributed by atoms with Gasteiger partial charge in [-0.1, -0.05) is 20.8 Å². The third-order valence-electron chi connectivity index (χ3n) is 4.79. The first-order valence-corrected chi connectivity index (χ1v) is 9.68. The van der Waals surface area contributed by atoms with Crippen LogP contribution in [0.3, 0.4) is 0 Å². The van der Waals surface area contributed by atoms with Crippen LogP contribution in [-0.2, 0) is 6.54 Å². The maximum Gasteiger partial charge on any atom is 0.262 e. The van der Waals surface area contributed by atoms with E-state index in [2.05, 4.69) is 29.4 Å². The maximum absolute atomic E-state index is 13.0. The van der Waals surface area contributed by atoms with Crippen LogP contribution in [0.5, 0.6) is 0 Å². The molecule has 1 atom stereocenters. The quantitative estimate of drug-likeness (QED) is 0.636. The molecule has 7 nitrogen and oxygen atoms in total. The Morgan fingerprint density at radius 3 is 2.74 bits per heavy atom. The largest absolute Gasteiger partial charge is 0.350 e. The minimum atomic E-state index is -0.168. The maximum atomic E-state index is 13.0. The Morgan fingerprint density at radius 2 is 2.07 bits per heavy atom. The standard InChI is InChI=1S/C19H25N5O2S/c1-5-12(4)20-16(25)13-6-7-14-15(10-13)24-18(21-22-19(24)27)23(17(14)26)9-8-11(2)3/h6-7,10-12H,5,8-9H2,1-4H3,(H,20,25)(H,22,27). The van der Waals surface area contributed by atoms with Gasteiger partial charge in [0, 0.05) is 18.2 Å². The molecule has 0 fully saturated rings. The van der Waals surface area contributed by atoms with Crippen molar-refractivity contribution < 1.29 is 4.79 Å². The van der Waals surface area contributed by atoms with Gasteiger partial charge in [0.15, 0.2) is 0 Å². The molecule has 0 spiro atoms. The summed E-state index contributed by atoms with van der Waals surface area (Å²) >= 11 is 5.38. The lowest BCUT2D eigenvalue weighted by Crippen LogP contribution is -2.32. The van der Waals surface area contributed by atoms with Crippen LogP contribution in [0.15, 0.2) is 23.0 Å². The highest BCUT2D eigenvalue weighted by atomic mass is 32.1. The molecular weight excluding hydrogens is 362 g/mol. The van der Waals surface area contributed by atoms with Crippen molar-refractivity contribution in [2.75, 3.05) is 0 Å². The van der Waals surface area contributed by atoms with E-state index < -0.39 is 0 Å². The van der Waals surface area contributed by atoms with Crippen LogP contribution in [0.1, 0.15) is 50.9 Å². The summed E-state index contributed by atoms with van der Waals surface area (Å²) in [6.45, 7) is 8.76. The van der Waals surface area contributed by atoms with Crippen molar-refractivity contribution >= 4 is 34.8 Å². The Hall–Kier alpha value is -2.48. The predicted molar refractivity (Wildman–Crippen MR) is 109 cm³/mol. The van der Waals surface area contributed by atoms with Gasteiger partial charge in [-0.2, -0.15) is 0 Å². The molecule has 3 aromatic rings. The molecule has 0 bridgehead atoms. The molecule has 0 radical (unpaired) electrons. The molecule has 2 heterocycles. The minimum absolute atomic E-state index is 0.0772. The molecule has 0 saturated carbocycles. The summed E-state index contributed by atoms with van der Waals surface area (Å²) in [5, 5.41) is 10.5. The summed E-state index contributed by atoms with van der Waals surface area (Å²) in [4.78, 5) is 25.5. The second-order valence-electron chi connectivity index (χ2n) is 7.32. The number of carbonyl (C=O) groups is 1. The van der Waals surface area contributed by atoms with Gasteiger partial charge in [-0.3, -0.25) is 18.6 Å². The molecular formula is C19H25N5O2S. The van der Waals surface area contributed by atoms with Crippen molar-refractivity contribution in [3.8, 4) is 0 Å². The van der Waals surface area contributed by atoms with Crippen LogP contribution in [0.25, 0.3) is 16.7 Å². The second-order valence-corrected chi connectivity index (χ2v) is 7.70. The number of hydrogen-bond acceptors (Lipinski definition) is 4. The van der Waals surface area contributed by atoms with Gasteiger partial charge in [0.05, 0.1) is 10.9 Å². The number of carbonyl (C=O) groups excluding carboxylic acids is 1. The third kappa shape index (κ3) is 3.66. The number of aromatic amines is 1. The zero-order valence-corrected chi connectivity index (χ0v) is 16.9. The average molecular weight is 388 g/mol. The molecule has 0 aliphatic rings. The van der Waals surface area contributed by atoms with E-state index in [1.54, 1.807) is 27.2 Å². The molecule has 1 aromatic carbocycles. The first kappa shape index (κ1) is 19.3. The number of benzene rings is 1. The van der Waals surface area contributed by atoms with Gasteiger partial charge in [-0.15, -0.1) is 5.10 Å². The SMILES string of the molecule is CCC(C)NC(=O)c1ccc2c(=O)n(CCC(C)C)c3n[nH]c(=S)n3c2c1. The highest BCUT2D eigenvalue weighted by Gasteiger charge is 2.16. The van der Waals surface area contributed by atoms with Gasteiger partial charge in [0.25, 0.3) is 11.5 Å². The molecule has 1 unspecified atom stereocenters. The zero-order chi connectivity index (χ0) is 19.7. The number of aryl methyl sites for hydroxylation is 1. The van der Waals surface area contributed by atoms with Crippen molar-refractivity contribution in [1.82, 2.24) is 24.5 Å². The van der Waals surface area contributed by atoms with E-state index >= 15 is 0 Å². The number of nitrogens with zero attached hydrogens (tertiary/aromatic N) is 3. The van der Waals surface area contributed by atoms with Crippen molar-refractivity contribution in [3.05, 3.63) is 38.9 Å². The molecule has 3 rings (SSSR count). The second kappa shape index (κ2) is 7.64. The molecule has 0 saturated heterocycles. The van der Waals surface area contributed by atoms with E-state index in [0.717, 1.165) is 12.8 Å². The number of amides is 1. The molecule has 2 aromatic heterocycles. The van der Waals surface area contributed by atoms with Gasteiger partial charge < -0.3 is 5.32 Å². The number of aromatic nitrogens is 4. The van der Waals surface area contributed by atoms with Crippen molar-refractivity contribution in [2.24, 2.45) is 5.92 Å². The number of H-pyrrole nitrogens is 1. The van der Waals surface area contributed by atoms with Crippen molar-refractivity contribution in [2.45, 2.75) is 53.1 Å². The Kier molecular flexibility index (Phi) is 5.46. The van der Waals surface area contributed by atoms with E-state index in [1.165, 1.54) is 0 Å². The molecule has 0 aliphatic heterocycles. The van der Waals surface area contributed by atoms with E-state index in [0.29, 0.717) is 39.5 Å². The monoisotopic (exact) mass is 387 g/mol. The van der Waals surface area contributed by atoms with Gasteiger partial charge in [0.1, 0.15) is 0 Å². The number of hydrogen-bond donors (Lipinski definition) is 2. The summed E-state index contributed by atoms with van der Waals surface area (Å²) in [5.74, 6) is 0.761. The molecule has 1 amide bonds. The molecule has 2 N–H and O–H groups in total. The summed E-state index contributed by atoms with van der Waals surface area (Å²) in [6, 6.07) is 5.17. The Morgan fingerprint density at radius 1 is 1.33 bits per heavy atom. The first-order chi connectivity index (χ1) is 12.8. The smallest absolute Gasteiger partial charge is 0.262 e. The first-order valence-electron chi connectivity index (χ1n) is 9.28. The van der Waals surface area contributed by atoms with Crippen molar-refractivity contribution in [1.29, 1.82) is 0 Å². The van der Waals surface area contributed by atoms with Crippen LogP contribution in [0.2, 0.25) is 0 Å². The Bertz CT molecular complexity index is 1110. The van der Waals surface area contributed by atoms with E-state index in [4.69, 9.17) is 12.2 Å². The fourth-order valence-electron chi connectivity index (χ4n) is 2.96. The molecule has 8 heteroatoms. The summed E-state index contributed by atoms with van der Waals surface area (Å²) in [7, 11) is 0. The Balaban J connectivity index is 2.20. The fourth-order valence-corrected chi connectivity index (χ4v) is 3.19. The fraction of sp³-hybridized carbons (Fsp3) is 0.474. The van der Waals surface area contributed by atoms with E-state index in [9.17, 15) is 9.59 Å². The van der Waals surface area contributed by atoms with Crippen LogP contribution in [0, 0.1) is 10.7 Å². The highest BCUT2D eigenvalue weighted by Crippen LogP contribution is 2.17. The normalized spacial score (nSPS) is 12.8. The summed E-state index contributed by atoms with van der Waals surface area (Å²) in [6.07, 6.45) is 1.70. The van der Waals surface area contributed by atoms with Crippen LogP contribution in [0.4, 0.5) is 0 Å². The highest BCUT2D eigenvalue weighted by molar-refractivity contribution is 7.71. The molecule has 144 valence electrons. The predicted octanol–water partition coefficient (Wildman–Crippen LogP) is 3.28. The lowest BCUT2D eigenvalue weighted by molar-refractivity contribution is 0.0939. The van der Waals surface area contributed by atoms with Crippen molar-refractivity contribution in [3.63, 3.8) is 0 Å². The zero-order valence-electron chi connectivity index (χ0n) is 16.1. The van der Waals surface area contributed by atoms with Gasteiger partial charge in [-0.25, -0.2) is 5.10 Å². The van der Waals surface area contributed by atoms with Gasteiger partial charge >= 0.3 is 0 Å². The number of fused-ring (bicyclic) bond motifs is 3. The topological polar surface area (TPSA) is 84.2 Å². The Labute approximate surface area is 162 Å². The molecule has 27 heavy (non-hydrogen) atoms. The van der Waals surface area contributed by atoms with Gasteiger partial charge in [0.2, 0.25) is 10.5 Å². The number of nitrogens with one attached hydrogen (secondary N) is 2. The van der Waals surface area contributed by atoms with E-state index in [1.807, 2.05) is 13.8 Å². The van der Waals surface area contributed by atoms with Crippen LogP contribution >= 0.6 is 12.2 Å². The van der Waals surface area contributed by atoms with Crippen LogP contribution in [-0.4, -0.2) is 31.1 Å². The van der Waals surface area contributed by atoms with Gasteiger partial charge in [-0.05, 0) is 56.1 Å². The third-order valence-corrected chi connectivity index (χ3v) is 5.07. The summed E-state index contributed by atoms with van der Waals surface area (Å²) in [5.41, 5.74) is 0.957. The van der Waals surface area contributed by atoms with Crippen LogP contribution < -0.4 is 10.9 Å². The number of rotatable bonds is 6. The lowest BCUT2D eigenvalue weighted by atomic mass is 10.1. The average Bonchev–Trinajstić information content (AvgIpc) is 3.02.